The number of hydrogen-bond donors (Lipinski definition) is 0. The summed E-state index contributed by atoms with van der Waals surface area (Å²) >= 11 is 0. The summed E-state index contributed by atoms with van der Waals surface area (Å²) in [5, 5.41) is 15.0. The summed E-state index contributed by atoms with van der Waals surface area (Å²) in [5.74, 6) is 0. The summed E-state index contributed by atoms with van der Waals surface area (Å²) in [4.78, 5) is 0.657. The Bertz CT molecular complexity index is 188. The van der Waals surface area contributed by atoms with Crippen molar-refractivity contribution >= 4 is 0 Å². The van der Waals surface area contributed by atoms with E-state index in [1.807, 2.05) is 13.8 Å². The Balaban J connectivity index is 3.63. The van der Waals surface area contributed by atoms with Gasteiger partial charge in [-0.1, -0.05) is 37.5 Å². The first-order chi connectivity index (χ1) is 6.70. The average molecular weight is 198 g/mol. The van der Waals surface area contributed by atoms with E-state index in [0.717, 1.165) is 6.42 Å². The Hall–Kier alpha value is -0.860. The van der Waals surface area contributed by atoms with Crippen LogP contribution in [-0.4, -0.2) is 10.9 Å². The zero-order valence-corrected chi connectivity index (χ0v) is 9.57. The monoisotopic (exact) mass is 198 g/mol. The Kier molecular flexibility index (Phi) is 8.19. The van der Waals surface area contributed by atoms with E-state index in [4.69, 9.17) is 0 Å². The van der Waals surface area contributed by atoms with E-state index < -0.39 is 0 Å². The SMILES string of the molecule is CC=C[N+]([O-])=NC(C)CCCCCC. The highest BCUT2D eigenvalue weighted by atomic mass is 16.5. The average Bonchev–Trinajstić information content (AvgIpc) is 2.13. The molecule has 3 nitrogen and oxygen atoms in total. The van der Waals surface area contributed by atoms with E-state index >= 15 is 0 Å². The summed E-state index contributed by atoms with van der Waals surface area (Å²) in [5.41, 5.74) is 0. The highest BCUT2D eigenvalue weighted by Crippen LogP contribution is 2.07. The minimum Gasteiger partial charge on any atom is -0.595 e. The van der Waals surface area contributed by atoms with Crippen molar-refractivity contribution in [1.82, 2.24) is 0 Å². The van der Waals surface area contributed by atoms with Gasteiger partial charge in [-0.05, 0) is 31.5 Å². The minimum atomic E-state index is 0.139. The number of azo groups is 1. The van der Waals surface area contributed by atoms with Crippen molar-refractivity contribution in [2.24, 2.45) is 5.11 Å². The molecule has 0 saturated carbocycles. The van der Waals surface area contributed by atoms with Gasteiger partial charge in [-0.15, -0.1) is 0 Å². The number of hydrogen-bond acceptors (Lipinski definition) is 2. The molecule has 0 aliphatic heterocycles. The molecule has 0 aromatic rings. The molecule has 0 aliphatic carbocycles. The van der Waals surface area contributed by atoms with Gasteiger partial charge in [0.15, 0.2) is 0 Å². The molecule has 0 rings (SSSR count). The van der Waals surface area contributed by atoms with Crippen LogP contribution in [0.1, 0.15) is 52.9 Å². The smallest absolute Gasteiger partial charge is 0.205 e. The third kappa shape index (κ3) is 7.77. The number of hydroxylamine groups is 1. The molecular weight excluding hydrogens is 176 g/mol. The zero-order chi connectivity index (χ0) is 10.8. The second-order valence-corrected chi connectivity index (χ2v) is 3.60. The van der Waals surface area contributed by atoms with E-state index in [1.54, 1.807) is 6.08 Å². The summed E-state index contributed by atoms with van der Waals surface area (Å²) < 4.78 is 0. The normalized spacial score (nSPS) is 14.9. The van der Waals surface area contributed by atoms with Crippen LogP contribution in [-0.2, 0) is 0 Å². The Morgan fingerprint density at radius 3 is 2.64 bits per heavy atom. The van der Waals surface area contributed by atoms with Crippen LogP contribution in [0.15, 0.2) is 17.4 Å². The van der Waals surface area contributed by atoms with Crippen LogP contribution in [0, 0.1) is 5.21 Å². The van der Waals surface area contributed by atoms with Crippen LogP contribution in [0.3, 0.4) is 0 Å². The van der Waals surface area contributed by atoms with E-state index in [1.165, 1.54) is 31.9 Å². The Morgan fingerprint density at radius 2 is 2.07 bits per heavy atom. The van der Waals surface area contributed by atoms with Crippen molar-refractivity contribution in [1.29, 1.82) is 0 Å². The molecule has 1 atom stereocenters. The van der Waals surface area contributed by atoms with E-state index in [-0.39, 0.29) is 6.04 Å². The predicted octanol–water partition coefficient (Wildman–Crippen LogP) is 3.84. The van der Waals surface area contributed by atoms with E-state index in [0.29, 0.717) is 4.86 Å². The molecule has 14 heavy (non-hydrogen) atoms. The van der Waals surface area contributed by atoms with E-state index in [2.05, 4.69) is 12.0 Å². The zero-order valence-electron chi connectivity index (χ0n) is 9.57. The highest BCUT2D eigenvalue weighted by molar-refractivity contribution is 4.63. The van der Waals surface area contributed by atoms with Gasteiger partial charge in [0.2, 0.25) is 6.20 Å². The van der Waals surface area contributed by atoms with Crippen molar-refractivity contribution in [3.63, 3.8) is 0 Å². The fraction of sp³-hybridized carbons (Fsp3) is 0.818. The lowest BCUT2D eigenvalue weighted by molar-refractivity contribution is -0.462. The van der Waals surface area contributed by atoms with Crippen LogP contribution in [0.25, 0.3) is 0 Å². The van der Waals surface area contributed by atoms with E-state index in [9.17, 15) is 5.21 Å². The first-order valence-corrected chi connectivity index (χ1v) is 5.50. The summed E-state index contributed by atoms with van der Waals surface area (Å²) in [6, 6.07) is 0.139. The van der Waals surface area contributed by atoms with Crippen molar-refractivity contribution < 1.29 is 4.86 Å². The topological polar surface area (TPSA) is 38.4 Å². The number of rotatable bonds is 7. The Morgan fingerprint density at radius 1 is 1.36 bits per heavy atom. The quantitative estimate of drug-likeness (QED) is 0.265. The standard InChI is InChI=1S/C11H22N2O/c1-4-6-7-8-9-11(3)12-13(14)10-5-2/h5,10-11H,4,6-9H2,1-3H3. The van der Waals surface area contributed by atoms with Gasteiger partial charge in [0.1, 0.15) is 6.04 Å². The molecule has 3 heteroatoms. The third-order valence-corrected chi connectivity index (χ3v) is 2.06. The van der Waals surface area contributed by atoms with Crippen LogP contribution < -0.4 is 0 Å². The summed E-state index contributed by atoms with van der Waals surface area (Å²) in [6.07, 6.45) is 9.08. The van der Waals surface area contributed by atoms with Gasteiger partial charge < -0.3 is 5.21 Å². The van der Waals surface area contributed by atoms with Gasteiger partial charge in [0.05, 0.1) is 0 Å². The molecule has 82 valence electrons. The molecule has 0 heterocycles. The van der Waals surface area contributed by atoms with Gasteiger partial charge in [-0.3, -0.25) is 0 Å². The molecular formula is C11H22N2O. The molecule has 1 unspecified atom stereocenters. The fourth-order valence-electron chi connectivity index (χ4n) is 1.28. The largest absolute Gasteiger partial charge is 0.595 e. The van der Waals surface area contributed by atoms with Crippen molar-refractivity contribution in [2.75, 3.05) is 0 Å². The van der Waals surface area contributed by atoms with Crippen LogP contribution in [0.4, 0.5) is 0 Å². The molecule has 0 aromatic heterocycles. The summed E-state index contributed by atoms with van der Waals surface area (Å²) in [7, 11) is 0. The molecule has 0 aromatic carbocycles. The van der Waals surface area contributed by atoms with Gasteiger partial charge >= 0.3 is 0 Å². The number of unbranched alkanes of at least 4 members (excludes halogenated alkanes) is 3. The third-order valence-electron chi connectivity index (χ3n) is 2.06. The van der Waals surface area contributed by atoms with Crippen molar-refractivity contribution in [3.05, 3.63) is 17.5 Å². The first kappa shape index (κ1) is 13.1. The van der Waals surface area contributed by atoms with Gasteiger partial charge in [-0.2, -0.15) is 0 Å². The molecule has 0 aliphatic rings. The van der Waals surface area contributed by atoms with Crippen LogP contribution in [0.2, 0.25) is 0 Å². The molecule has 0 spiro atoms. The molecule has 0 radical (unpaired) electrons. The first-order valence-electron chi connectivity index (χ1n) is 5.50. The number of allylic oxidation sites excluding steroid dienone is 1. The minimum absolute atomic E-state index is 0.139. The van der Waals surface area contributed by atoms with Crippen molar-refractivity contribution in [2.45, 2.75) is 58.9 Å². The predicted molar refractivity (Wildman–Crippen MR) is 59.1 cm³/mol. The Labute approximate surface area is 87.1 Å². The van der Waals surface area contributed by atoms with Crippen molar-refractivity contribution in [3.8, 4) is 0 Å². The maximum atomic E-state index is 11.0. The molecule has 0 amide bonds. The van der Waals surface area contributed by atoms with Gasteiger partial charge in [-0.25, -0.2) is 0 Å². The van der Waals surface area contributed by atoms with Crippen LogP contribution >= 0.6 is 0 Å². The molecule has 0 saturated heterocycles. The maximum absolute atomic E-state index is 11.0. The van der Waals surface area contributed by atoms with Crippen LogP contribution in [0.5, 0.6) is 0 Å². The molecule has 0 bridgehead atoms. The molecule has 0 fully saturated rings. The second kappa shape index (κ2) is 8.73. The maximum Gasteiger partial charge on any atom is 0.205 e. The fourth-order valence-corrected chi connectivity index (χ4v) is 1.28. The summed E-state index contributed by atoms with van der Waals surface area (Å²) in [6.45, 7) is 5.99. The second-order valence-electron chi connectivity index (χ2n) is 3.60. The van der Waals surface area contributed by atoms with Gasteiger partial charge in [0.25, 0.3) is 0 Å². The van der Waals surface area contributed by atoms with Gasteiger partial charge in [0, 0.05) is 0 Å². The lowest BCUT2D eigenvalue weighted by atomic mass is 10.1. The lowest BCUT2D eigenvalue weighted by Crippen LogP contribution is -2.02. The molecule has 0 N–H and O–H groups in total. The lowest BCUT2D eigenvalue weighted by Gasteiger charge is -2.03. The number of nitrogens with zero attached hydrogens (tertiary/aromatic N) is 2. The highest BCUT2D eigenvalue weighted by Gasteiger charge is 2.02.